The van der Waals surface area contributed by atoms with Gasteiger partial charge >= 0.3 is 12.0 Å². The molecule has 1 aliphatic carbocycles. The number of hydrogen-bond donors (Lipinski definition) is 3. The lowest BCUT2D eigenvalue weighted by Gasteiger charge is -2.17. The monoisotopic (exact) mass is 399 g/mol. The van der Waals surface area contributed by atoms with Gasteiger partial charge in [0.1, 0.15) is 6.04 Å². The minimum Gasteiger partial charge on any atom is -0.459 e. The van der Waals surface area contributed by atoms with E-state index in [0.29, 0.717) is 0 Å². The van der Waals surface area contributed by atoms with Crippen LogP contribution in [0.5, 0.6) is 0 Å². The van der Waals surface area contributed by atoms with Crippen LogP contribution >= 0.6 is 0 Å². The predicted octanol–water partition coefficient (Wildman–Crippen LogP) is 1.15. The molecule has 1 saturated carbocycles. The molecule has 9 heteroatoms. The summed E-state index contributed by atoms with van der Waals surface area (Å²) in [5.41, 5.74) is 0.794. The lowest BCUT2D eigenvalue weighted by Crippen LogP contribution is -2.45. The summed E-state index contributed by atoms with van der Waals surface area (Å²) in [6.07, 6.45) is 3.27. The molecular weight excluding hydrogens is 378 g/mol. The first kappa shape index (κ1) is 20.1. The number of imide groups is 1. The van der Waals surface area contributed by atoms with E-state index in [1.54, 1.807) is 30.3 Å². The van der Waals surface area contributed by atoms with Crippen molar-refractivity contribution in [1.82, 2.24) is 16.0 Å². The summed E-state index contributed by atoms with van der Waals surface area (Å²) in [5.74, 6) is -2.09. The molecule has 29 heavy (non-hydrogen) atoms. The fourth-order valence-corrected chi connectivity index (χ4v) is 2.53. The molecular formula is C20H21N3O6. The number of carbonyl (C=O) groups excluding carboxylic acids is 4. The zero-order valence-corrected chi connectivity index (χ0v) is 15.6. The topological polar surface area (TPSA) is 127 Å². The second-order valence-corrected chi connectivity index (χ2v) is 6.60. The van der Waals surface area contributed by atoms with Gasteiger partial charge in [-0.1, -0.05) is 30.3 Å². The average molecular weight is 399 g/mol. The fraction of sp³-hybridized carbons (Fsp3) is 0.300. The Balaban J connectivity index is 1.56. The molecule has 1 aromatic heterocycles. The summed E-state index contributed by atoms with van der Waals surface area (Å²) in [6.45, 7) is -0.640. The van der Waals surface area contributed by atoms with E-state index in [1.165, 1.54) is 12.3 Å². The molecule has 1 atom stereocenters. The Labute approximate surface area is 166 Å². The van der Waals surface area contributed by atoms with Gasteiger partial charge < -0.3 is 19.8 Å². The largest absolute Gasteiger partial charge is 0.459 e. The standard InChI is InChI=1S/C20H21N3O6/c24-17(23-20(27)21-14-8-9-14)12-29-19(26)15(11-13-5-2-1-3-6-13)22-18(25)16-7-4-10-28-16/h1-7,10,14-15H,8-9,11-12H2,(H,22,25)(H2,21,23,24,27)/t15-/m0/s1. The van der Waals surface area contributed by atoms with E-state index in [4.69, 9.17) is 9.15 Å². The van der Waals surface area contributed by atoms with Gasteiger partial charge in [0.2, 0.25) is 0 Å². The highest BCUT2D eigenvalue weighted by Gasteiger charge is 2.26. The highest BCUT2D eigenvalue weighted by atomic mass is 16.5. The van der Waals surface area contributed by atoms with Crippen LogP contribution < -0.4 is 16.0 Å². The van der Waals surface area contributed by atoms with Crippen LogP contribution in [0.15, 0.2) is 53.1 Å². The van der Waals surface area contributed by atoms with Crippen molar-refractivity contribution in [1.29, 1.82) is 0 Å². The van der Waals surface area contributed by atoms with E-state index in [-0.39, 0.29) is 18.2 Å². The molecule has 0 bridgehead atoms. The van der Waals surface area contributed by atoms with Gasteiger partial charge in [0.05, 0.1) is 6.26 Å². The maximum Gasteiger partial charge on any atom is 0.329 e. The van der Waals surface area contributed by atoms with Gasteiger partial charge in [-0.2, -0.15) is 0 Å². The van der Waals surface area contributed by atoms with Crippen molar-refractivity contribution in [2.75, 3.05) is 6.61 Å². The van der Waals surface area contributed by atoms with Crippen LogP contribution in [0.4, 0.5) is 4.79 Å². The van der Waals surface area contributed by atoms with Crippen LogP contribution in [0.2, 0.25) is 0 Å². The number of ether oxygens (including phenoxy) is 1. The number of nitrogens with one attached hydrogen (secondary N) is 3. The third-order valence-corrected chi connectivity index (χ3v) is 4.13. The molecule has 1 aliphatic rings. The van der Waals surface area contributed by atoms with Crippen molar-refractivity contribution < 1.29 is 28.3 Å². The molecule has 9 nitrogen and oxygen atoms in total. The number of rotatable bonds is 8. The van der Waals surface area contributed by atoms with Gasteiger partial charge in [-0.25, -0.2) is 9.59 Å². The van der Waals surface area contributed by atoms with E-state index in [2.05, 4.69) is 16.0 Å². The van der Waals surface area contributed by atoms with E-state index in [0.717, 1.165) is 18.4 Å². The van der Waals surface area contributed by atoms with Gasteiger partial charge in [0.25, 0.3) is 11.8 Å². The zero-order chi connectivity index (χ0) is 20.6. The highest BCUT2D eigenvalue weighted by Crippen LogP contribution is 2.18. The first-order chi connectivity index (χ1) is 14.0. The molecule has 0 saturated heterocycles. The van der Waals surface area contributed by atoms with Crippen LogP contribution in [0.1, 0.15) is 29.0 Å². The summed E-state index contributed by atoms with van der Waals surface area (Å²) >= 11 is 0. The molecule has 4 amide bonds. The molecule has 152 valence electrons. The fourth-order valence-electron chi connectivity index (χ4n) is 2.53. The Morgan fingerprint density at radius 1 is 1.07 bits per heavy atom. The Morgan fingerprint density at radius 2 is 1.83 bits per heavy atom. The first-order valence-electron chi connectivity index (χ1n) is 9.16. The van der Waals surface area contributed by atoms with Gasteiger partial charge in [-0.15, -0.1) is 0 Å². The average Bonchev–Trinajstić information content (AvgIpc) is 3.33. The van der Waals surface area contributed by atoms with Crippen LogP contribution in [0.25, 0.3) is 0 Å². The summed E-state index contributed by atoms with van der Waals surface area (Å²) < 4.78 is 10.0. The number of benzene rings is 1. The number of furan rings is 1. The van der Waals surface area contributed by atoms with E-state index in [1.807, 2.05) is 6.07 Å². The van der Waals surface area contributed by atoms with Crippen molar-refractivity contribution >= 4 is 23.8 Å². The number of carbonyl (C=O) groups is 4. The third kappa shape index (κ3) is 6.49. The quantitative estimate of drug-likeness (QED) is 0.572. The SMILES string of the molecule is O=C(COC(=O)[C@H](Cc1ccccc1)NC(=O)c1ccco1)NC(=O)NC1CC1. The maximum atomic E-state index is 12.5. The zero-order valence-electron chi connectivity index (χ0n) is 15.6. The number of hydrogen-bond acceptors (Lipinski definition) is 6. The van der Waals surface area contributed by atoms with Crippen molar-refractivity contribution in [2.45, 2.75) is 31.3 Å². The summed E-state index contributed by atoms with van der Waals surface area (Å²) in [4.78, 5) is 48.1. The molecule has 0 aliphatic heterocycles. The Hall–Kier alpha value is -3.62. The second kappa shape index (κ2) is 9.54. The number of esters is 1. The second-order valence-electron chi connectivity index (χ2n) is 6.60. The van der Waals surface area contributed by atoms with Crippen molar-refractivity contribution in [3.8, 4) is 0 Å². The van der Waals surface area contributed by atoms with Crippen molar-refractivity contribution in [3.63, 3.8) is 0 Å². The molecule has 0 unspecified atom stereocenters. The molecule has 1 heterocycles. The van der Waals surface area contributed by atoms with Crippen LogP contribution in [-0.4, -0.2) is 42.5 Å². The summed E-state index contributed by atoms with van der Waals surface area (Å²) in [7, 11) is 0. The third-order valence-electron chi connectivity index (χ3n) is 4.13. The smallest absolute Gasteiger partial charge is 0.329 e. The normalized spacial score (nSPS) is 13.8. The van der Waals surface area contributed by atoms with Gasteiger partial charge in [-0.05, 0) is 30.5 Å². The maximum absolute atomic E-state index is 12.5. The minimum atomic E-state index is -1.04. The molecule has 1 aromatic carbocycles. The van der Waals surface area contributed by atoms with Crippen molar-refractivity contribution in [2.24, 2.45) is 0 Å². The predicted molar refractivity (Wildman–Crippen MR) is 101 cm³/mol. The van der Waals surface area contributed by atoms with Gasteiger partial charge in [0, 0.05) is 12.5 Å². The van der Waals surface area contributed by atoms with Crippen LogP contribution in [0.3, 0.4) is 0 Å². The lowest BCUT2D eigenvalue weighted by molar-refractivity contribution is -0.150. The Kier molecular flexibility index (Phi) is 6.62. The molecule has 1 fully saturated rings. The van der Waals surface area contributed by atoms with E-state index in [9.17, 15) is 19.2 Å². The molecule has 0 radical (unpaired) electrons. The van der Waals surface area contributed by atoms with Crippen LogP contribution in [0, 0.1) is 0 Å². The summed E-state index contributed by atoms with van der Waals surface area (Å²) in [5, 5.41) is 7.23. The van der Waals surface area contributed by atoms with Gasteiger partial charge in [-0.3, -0.25) is 14.9 Å². The van der Waals surface area contributed by atoms with E-state index >= 15 is 0 Å². The van der Waals surface area contributed by atoms with Crippen LogP contribution in [-0.2, 0) is 20.7 Å². The highest BCUT2D eigenvalue weighted by molar-refractivity contribution is 5.97. The molecule has 3 N–H and O–H groups in total. The van der Waals surface area contributed by atoms with E-state index < -0.39 is 36.5 Å². The summed E-state index contributed by atoms with van der Waals surface area (Å²) in [6, 6.07) is 10.5. The Morgan fingerprint density at radius 3 is 2.48 bits per heavy atom. The number of amides is 4. The first-order valence-corrected chi connectivity index (χ1v) is 9.16. The molecule has 0 spiro atoms. The molecule has 3 rings (SSSR count). The minimum absolute atomic E-state index is 0.0466. The Bertz CT molecular complexity index is 862. The van der Waals surface area contributed by atoms with Crippen molar-refractivity contribution in [3.05, 3.63) is 60.1 Å². The number of urea groups is 1. The molecule has 2 aromatic rings. The lowest BCUT2D eigenvalue weighted by atomic mass is 10.1. The van der Waals surface area contributed by atoms with Gasteiger partial charge in [0.15, 0.2) is 12.4 Å².